The number of carbonyl (C=O) groups excluding carboxylic acids is 1. The van der Waals surface area contributed by atoms with Crippen molar-refractivity contribution in [1.29, 1.82) is 0 Å². The van der Waals surface area contributed by atoms with E-state index in [1.807, 2.05) is 4.90 Å². The number of rotatable bonds is 7. The van der Waals surface area contributed by atoms with Crippen LogP contribution in [0.5, 0.6) is 0 Å². The molecule has 1 fully saturated rings. The molecule has 1 saturated heterocycles. The standard InChI is InChI=1S/C19H31N3O/c1-4-5-6-10-20-15-19(23)22-13-11-21(12-14-22)18-9-7-8-16(2)17(18)3/h7-9,20H,4-6,10-15H2,1-3H3. The number of aryl methyl sites for hydroxylation is 1. The first kappa shape index (κ1) is 17.8. The minimum atomic E-state index is 0.238. The van der Waals surface area contributed by atoms with Gasteiger partial charge in [0, 0.05) is 31.9 Å². The first-order valence-electron chi connectivity index (χ1n) is 8.93. The van der Waals surface area contributed by atoms with Crippen LogP contribution in [0.2, 0.25) is 0 Å². The summed E-state index contributed by atoms with van der Waals surface area (Å²) in [6.45, 7) is 11.4. The van der Waals surface area contributed by atoms with E-state index in [1.165, 1.54) is 29.7 Å². The van der Waals surface area contributed by atoms with Crippen LogP contribution in [0, 0.1) is 13.8 Å². The van der Waals surface area contributed by atoms with Gasteiger partial charge in [0.2, 0.25) is 5.91 Å². The quantitative estimate of drug-likeness (QED) is 0.786. The molecule has 4 nitrogen and oxygen atoms in total. The van der Waals surface area contributed by atoms with Crippen LogP contribution in [0.4, 0.5) is 5.69 Å². The second kappa shape index (κ2) is 8.92. The van der Waals surface area contributed by atoms with Crippen LogP contribution in [-0.4, -0.2) is 50.1 Å². The average molecular weight is 317 g/mol. The van der Waals surface area contributed by atoms with Gasteiger partial charge < -0.3 is 15.1 Å². The second-order valence-corrected chi connectivity index (χ2v) is 6.47. The molecule has 1 aromatic carbocycles. The number of unbranched alkanes of at least 4 members (excludes halogenated alkanes) is 2. The van der Waals surface area contributed by atoms with Gasteiger partial charge in [0.25, 0.3) is 0 Å². The second-order valence-electron chi connectivity index (χ2n) is 6.47. The number of amides is 1. The summed E-state index contributed by atoms with van der Waals surface area (Å²) in [5, 5.41) is 3.27. The monoisotopic (exact) mass is 317 g/mol. The number of hydrogen-bond acceptors (Lipinski definition) is 3. The molecule has 0 bridgehead atoms. The Morgan fingerprint density at radius 1 is 1.13 bits per heavy atom. The van der Waals surface area contributed by atoms with Crippen LogP contribution in [0.25, 0.3) is 0 Å². The van der Waals surface area contributed by atoms with Crippen LogP contribution in [0.15, 0.2) is 18.2 Å². The molecule has 1 aliphatic heterocycles. The first-order chi connectivity index (χ1) is 11.1. The van der Waals surface area contributed by atoms with Crippen molar-refractivity contribution in [3.05, 3.63) is 29.3 Å². The van der Waals surface area contributed by atoms with E-state index in [0.717, 1.165) is 39.1 Å². The number of benzene rings is 1. The van der Waals surface area contributed by atoms with Crippen LogP contribution in [0.3, 0.4) is 0 Å². The van der Waals surface area contributed by atoms with Crippen molar-refractivity contribution in [2.45, 2.75) is 40.0 Å². The predicted molar refractivity (Wildman–Crippen MR) is 97.1 cm³/mol. The first-order valence-corrected chi connectivity index (χ1v) is 8.93. The molecule has 1 heterocycles. The third-order valence-electron chi connectivity index (χ3n) is 4.78. The van der Waals surface area contributed by atoms with Crippen molar-refractivity contribution in [3.63, 3.8) is 0 Å². The van der Waals surface area contributed by atoms with Crippen LogP contribution in [-0.2, 0) is 4.79 Å². The number of nitrogens with zero attached hydrogens (tertiary/aromatic N) is 2. The van der Waals surface area contributed by atoms with Crippen LogP contribution < -0.4 is 10.2 Å². The molecule has 0 aliphatic carbocycles. The van der Waals surface area contributed by atoms with Crippen molar-refractivity contribution in [2.75, 3.05) is 44.2 Å². The molecule has 1 aromatic rings. The normalized spacial score (nSPS) is 15.1. The van der Waals surface area contributed by atoms with Crippen molar-refractivity contribution in [2.24, 2.45) is 0 Å². The molecule has 128 valence electrons. The summed E-state index contributed by atoms with van der Waals surface area (Å²) in [6.07, 6.45) is 3.61. The van der Waals surface area contributed by atoms with Gasteiger partial charge in [-0.3, -0.25) is 4.79 Å². The highest BCUT2D eigenvalue weighted by Crippen LogP contribution is 2.23. The zero-order valence-corrected chi connectivity index (χ0v) is 14.9. The minimum absolute atomic E-state index is 0.238. The summed E-state index contributed by atoms with van der Waals surface area (Å²) >= 11 is 0. The Morgan fingerprint density at radius 2 is 1.87 bits per heavy atom. The molecule has 0 radical (unpaired) electrons. The Kier molecular flexibility index (Phi) is 6.90. The summed E-state index contributed by atoms with van der Waals surface area (Å²) in [6, 6.07) is 6.47. The van der Waals surface area contributed by atoms with Gasteiger partial charge in [-0.1, -0.05) is 31.9 Å². The van der Waals surface area contributed by atoms with Crippen molar-refractivity contribution < 1.29 is 4.79 Å². The maximum atomic E-state index is 12.2. The fourth-order valence-electron chi connectivity index (χ4n) is 3.08. The lowest BCUT2D eigenvalue weighted by atomic mass is 10.1. The topological polar surface area (TPSA) is 35.6 Å². The summed E-state index contributed by atoms with van der Waals surface area (Å²) in [7, 11) is 0. The molecular formula is C19H31N3O. The summed E-state index contributed by atoms with van der Waals surface area (Å²) in [5.41, 5.74) is 4.00. The molecular weight excluding hydrogens is 286 g/mol. The van der Waals surface area contributed by atoms with Gasteiger partial charge in [0.05, 0.1) is 6.54 Å². The van der Waals surface area contributed by atoms with E-state index in [0.29, 0.717) is 6.54 Å². The zero-order valence-electron chi connectivity index (χ0n) is 14.9. The number of carbonyl (C=O) groups is 1. The average Bonchev–Trinajstić information content (AvgIpc) is 2.57. The van der Waals surface area contributed by atoms with Gasteiger partial charge in [0.1, 0.15) is 0 Å². The lowest BCUT2D eigenvalue weighted by molar-refractivity contribution is -0.130. The Labute approximate surface area is 140 Å². The molecule has 23 heavy (non-hydrogen) atoms. The maximum Gasteiger partial charge on any atom is 0.236 e. The fraction of sp³-hybridized carbons (Fsp3) is 0.632. The highest BCUT2D eigenvalue weighted by Gasteiger charge is 2.21. The third-order valence-corrected chi connectivity index (χ3v) is 4.78. The third kappa shape index (κ3) is 4.96. The van der Waals surface area contributed by atoms with Gasteiger partial charge in [0.15, 0.2) is 0 Å². The summed E-state index contributed by atoms with van der Waals surface area (Å²) in [5.74, 6) is 0.238. The molecule has 0 saturated carbocycles. The Bertz CT molecular complexity index is 507. The molecule has 1 N–H and O–H groups in total. The van der Waals surface area contributed by atoms with Gasteiger partial charge in [-0.2, -0.15) is 0 Å². The van der Waals surface area contributed by atoms with Gasteiger partial charge in [-0.15, -0.1) is 0 Å². The van der Waals surface area contributed by atoms with E-state index in [-0.39, 0.29) is 5.91 Å². The lowest BCUT2D eigenvalue weighted by Crippen LogP contribution is -2.51. The summed E-state index contributed by atoms with van der Waals surface area (Å²) in [4.78, 5) is 16.6. The molecule has 0 aromatic heterocycles. The molecule has 0 atom stereocenters. The van der Waals surface area contributed by atoms with Gasteiger partial charge in [-0.25, -0.2) is 0 Å². The molecule has 2 rings (SSSR count). The van der Waals surface area contributed by atoms with Crippen LogP contribution >= 0.6 is 0 Å². The van der Waals surface area contributed by atoms with Crippen molar-refractivity contribution in [1.82, 2.24) is 10.2 Å². The summed E-state index contributed by atoms with van der Waals surface area (Å²) < 4.78 is 0. The molecule has 0 spiro atoms. The van der Waals surface area contributed by atoms with Crippen molar-refractivity contribution in [3.8, 4) is 0 Å². The highest BCUT2D eigenvalue weighted by atomic mass is 16.2. The SMILES string of the molecule is CCCCCNCC(=O)N1CCN(c2cccc(C)c2C)CC1. The molecule has 4 heteroatoms. The fourth-order valence-corrected chi connectivity index (χ4v) is 3.08. The number of nitrogens with one attached hydrogen (secondary N) is 1. The van der Waals surface area contributed by atoms with Crippen molar-refractivity contribution >= 4 is 11.6 Å². The molecule has 1 aliphatic rings. The molecule has 1 amide bonds. The van der Waals surface area contributed by atoms with E-state index in [9.17, 15) is 4.79 Å². The Hall–Kier alpha value is -1.55. The largest absolute Gasteiger partial charge is 0.368 e. The predicted octanol–water partition coefficient (Wildman–Crippen LogP) is 2.73. The smallest absolute Gasteiger partial charge is 0.236 e. The van der Waals surface area contributed by atoms with Gasteiger partial charge in [-0.05, 0) is 44.0 Å². The van der Waals surface area contributed by atoms with Gasteiger partial charge >= 0.3 is 0 Å². The van der Waals surface area contributed by atoms with E-state index in [2.05, 4.69) is 49.2 Å². The lowest BCUT2D eigenvalue weighted by Gasteiger charge is -2.37. The number of anilines is 1. The number of piperazine rings is 1. The van der Waals surface area contributed by atoms with E-state index in [1.54, 1.807) is 0 Å². The minimum Gasteiger partial charge on any atom is -0.368 e. The zero-order chi connectivity index (χ0) is 16.7. The van der Waals surface area contributed by atoms with E-state index >= 15 is 0 Å². The number of hydrogen-bond donors (Lipinski definition) is 1. The Balaban J connectivity index is 1.77. The van der Waals surface area contributed by atoms with E-state index in [4.69, 9.17) is 0 Å². The molecule has 0 unspecified atom stereocenters. The Morgan fingerprint density at radius 3 is 2.57 bits per heavy atom. The maximum absolute atomic E-state index is 12.2. The highest BCUT2D eigenvalue weighted by molar-refractivity contribution is 5.78. The van der Waals surface area contributed by atoms with E-state index < -0.39 is 0 Å². The van der Waals surface area contributed by atoms with Crippen LogP contribution in [0.1, 0.15) is 37.3 Å².